The van der Waals surface area contributed by atoms with Crippen molar-refractivity contribution in [3.05, 3.63) is 59.1 Å². The summed E-state index contributed by atoms with van der Waals surface area (Å²) in [5.74, 6) is -0.603. The number of pyridine rings is 1. The Morgan fingerprint density at radius 2 is 2.09 bits per heavy atom. The third-order valence-electron chi connectivity index (χ3n) is 3.46. The van der Waals surface area contributed by atoms with Gasteiger partial charge in [0.2, 0.25) is 0 Å². The average molecular weight is 354 g/mol. The summed E-state index contributed by atoms with van der Waals surface area (Å²) in [6, 6.07) is 6.67. The molecule has 0 aliphatic rings. The van der Waals surface area contributed by atoms with Crippen LogP contribution in [0, 0.1) is 5.82 Å². The lowest BCUT2D eigenvalue weighted by Crippen LogP contribution is -2.13. The highest BCUT2D eigenvalue weighted by molar-refractivity contribution is 7.90. The Morgan fingerprint density at radius 1 is 1.30 bits per heavy atom. The maximum Gasteiger partial charge on any atom is 0.270 e. The van der Waals surface area contributed by atoms with Crippen molar-refractivity contribution >= 4 is 32.7 Å². The first-order valence-corrected chi connectivity index (χ1v) is 8.62. The van der Waals surface area contributed by atoms with Gasteiger partial charge >= 0.3 is 0 Å². The molecule has 0 spiro atoms. The van der Waals surface area contributed by atoms with Crippen molar-refractivity contribution in [2.45, 2.75) is 11.3 Å². The van der Waals surface area contributed by atoms with Crippen LogP contribution in [0.3, 0.4) is 0 Å². The van der Waals surface area contributed by atoms with E-state index in [0.717, 1.165) is 27.7 Å². The zero-order valence-electron chi connectivity index (χ0n) is 11.9. The van der Waals surface area contributed by atoms with E-state index in [1.165, 1.54) is 12.4 Å². The summed E-state index contributed by atoms with van der Waals surface area (Å²) in [4.78, 5) is 3.97. The van der Waals surface area contributed by atoms with Gasteiger partial charge in [0, 0.05) is 17.8 Å². The molecule has 120 valence electrons. The third-order valence-corrected chi connectivity index (χ3v) is 5.59. The van der Waals surface area contributed by atoms with Crippen LogP contribution >= 0.6 is 11.6 Å². The molecule has 23 heavy (non-hydrogen) atoms. The molecule has 2 heterocycles. The first-order chi connectivity index (χ1) is 10.9. The van der Waals surface area contributed by atoms with E-state index >= 15 is 0 Å². The number of aromatic nitrogens is 2. The van der Waals surface area contributed by atoms with Gasteiger partial charge in [0.25, 0.3) is 10.0 Å². The molecule has 3 rings (SSSR count). The summed E-state index contributed by atoms with van der Waals surface area (Å²) in [5.41, 5.74) is 6.64. The molecule has 0 radical (unpaired) electrons. The quantitative estimate of drug-likeness (QED) is 0.782. The van der Waals surface area contributed by atoms with Crippen LogP contribution in [0.1, 0.15) is 5.56 Å². The van der Waals surface area contributed by atoms with Gasteiger partial charge in [-0.2, -0.15) is 0 Å². The van der Waals surface area contributed by atoms with Gasteiger partial charge in [0.05, 0.1) is 5.02 Å². The van der Waals surface area contributed by atoms with Gasteiger partial charge in [-0.15, -0.1) is 0 Å². The van der Waals surface area contributed by atoms with Crippen molar-refractivity contribution in [2.75, 3.05) is 6.54 Å². The van der Waals surface area contributed by atoms with E-state index in [-0.39, 0.29) is 15.6 Å². The van der Waals surface area contributed by atoms with E-state index in [2.05, 4.69) is 4.98 Å². The topological polar surface area (TPSA) is 78.0 Å². The van der Waals surface area contributed by atoms with Crippen LogP contribution in [0.2, 0.25) is 5.02 Å². The summed E-state index contributed by atoms with van der Waals surface area (Å²) >= 11 is 5.91. The van der Waals surface area contributed by atoms with Crippen molar-refractivity contribution in [2.24, 2.45) is 5.73 Å². The van der Waals surface area contributed by atoms with Gasteiger partial charge in [-0.25, -0.2) is 21.8 Å². The van der Waals surface area contributed by atoms with Gasteiger partial charge in [0.1, 0.15) is 10.7 Å². The highest BCUT2D eigenvalue weighted by atomic mass is 35.5. The lowest BCUT2D eigenvalue weighted by Gasteiger charge is -2.08. The highest BCUT2D eigenvalue weighted by Crippen LogP contribution is 2.28. The lowest BCUT2D eigenvalue weighted by molar-refractivity contribution is 0.587. The smallest absolute Gasteiger partial charge is 0.270 e. The second-order valence-corrected chi connectivity index (χ2v) is 7.13. The Labute approximate surface area is 137 Å². The van der Waals surface area contributed by atoms with E-state index in [4.69, 9.17) is 17.3 Å². The monoisotopic (exact) mass is 353 g/mol. The van der Waals surface area contributed by atoms with Crippen LogP contribution in [-0.4, -0.2) is 23.9 Å². The SMILES string of the molecule is NCCc1cn(S(=O)(=O)c2ccc(F)cc2Cl)c2ncccc12. The number of hydrogen-bond donors (Lipinski definition) is 1. The van der Waals surface area contributed by atoms with Crippen LogP contribution in [0.15, 0.2) is 47.6 Å². The predicted molar refractivity (Wildman–Crippen MR) is 86.5 cm³/mol. The standard InChI is InChI=1S/C15H13ClFN3O2S/c16-13-8-11(17)3-4-14(13)23(21,22)20-9-10(5-6-18)12-2-1-7-19-15(12)20/h1-4,7-9H,5-6,18H2. The van der Waals surface area contributed by atoms with Crippen LogP contribution in [-0.2, 0) is 16.4 Å². The minimum Gasteiger partial charge on any atom is -0.330 e. The zero-order valence-corrected chi connectivity index (χ0v) is 13.5. The Bertz CT molecular complexity index is 986. The van der Waals surface area contributed by atoms with Crippen LogP contribution in [0.4, 0.5) is 4.39 Å². The van der Waals surface area contributed by atoms with Gasteiger partial charge < -0.3 is 5.73 Å². The van der Waals surface area contributed by atoms with Crippen molar-refractivity contribution in [3.63, 3.8) is 0 Å². The Kier molecular flexibility index (Phi) is 4.09. The minimum absolute atomic E-state index is 0.178. The Hall–Kier alpha value is -1.96. The Morgan fingerprint density at radius 3 is 2.78 bits per heavy atom. The van der Waals surface area contributed by atoms with Gasteiger partial charge in [-0.3, -0.25) is 0 Å². The highest BCUT2D eigenvalue weighted by Gasteiger charge is 2.24. The summed E-state index contributed by atoms with van der Waals surface area (Å²) in [6.45, 7) is 0.380. The number of nitrogens with two attached hydrogens (primary N) is 1. The van der Waals surface area contributed by atoms with Crippen molar-refractivity contribution in [3.8, 4) is 0 Å². The molecule has 0 aliphatic heterocycles. The van der Waals surface area contributed by atoms with E-state index < -0.39 is 15.8 Å². The number of fused-ring (bicyclic) bond motifs is 1. The second kappa shape index (κ2) is 5.92. The molecule has 0 saturated heterocycles. The van der Waals surface area contributed by atoms with Crippen LogP contribution in [0.5, 0.6) is 0 Å². The largest absolute Gasteiger partial charge is 0.330 e. The number of halogens is 2. The van der Waals surface area contributed by atoms with E-state index in [1.54, 1.807) is 12.1 Å². The van der Waals surface area contributed by atoms with Gasteiger partial charge in [0.15, 0.2) is 5.65 Å². The van der Waals surface area contributed by atoms with Crippen molar-refractivity contribution in [1.29, 1.82) is 0 Å². The van der Waals surface area contributed by atoms with E-state index in [9.17, 15) is 12.8 Å². The van der Waals surface area contributed by atoms with Crippen molar-refractivity contribution in [1.82, 2.24) is 8.96 Å². The van der Waals surface area contributed by atoms with E-state index in [1.807, 2.05) is 0 Å². The number of hydrogen-bond acceptors (Lipinski definition) is 4. The molecule has 0 amide bonds. The number of nitrogens with zero attached hydrogens (tertiary/aromatic N) is 2. The molecule has 3 aromatic rings. The molecule has 2 N–H and O–H groups in total. The molecule has 0 atom stereocenters. The average Bonchev–Trinajstić information content (AvgIpc) is 2.87. The fourth-order valence-electron chi connectivity index (χ4n) is 2.42. The molecule has 5 nitrogen and oxygen atoms in total. The first-order valence-electron chi connectivity index (χ1n) is 6.81. The molecule has 1 aromatic carbocycles. The van der Waals surface area contributed by atoms with Crippen molar-refractivity contribution < 1.29 is 12.8 Å². The zero-order chi connectivity index (χ0) is 16.6. The summed E-state index contributed by atoms with van der Waals surface area (Å²) < 4.78 is 40.0. The third kappa shape index (κ3) is 2.71. The fraction of sp³-hybridized carbons (Fsp3) is 0.133. The normalized spacial score (nSPS) is 12.0. The number of rotatable bonds is 4. The van der Waals surface area contributed by atoms with Gasteiger partial charge in [-0.1, -0.05) is 11.6 Å². The molecule has 0 aliphatic carbocycles. The predicted octanol–water partition coefficient (Wildman–Crippen LogP) is 2.57. The first kappa shape index (κ1) is 15.9. The fourth-order valence-corrected chi connectivity index (χ4v) is 4.28. The van der Waals surface area contributed by atoms with E-state index in [0.29, 0.717) is 18.4 Å². The van der Waals surface area contributed by atoms with Crippen LogP contribution in [0.25, 0.3) is 11.0 Å². The second-order valence-electron chi connectivity index (χ2n) is 4.94. The van der Waals surface area contributed by atoms with Crippen LogP contribution < -0.4 is 5.73 Å². The molecular formula is C15H13ClFN3O2S. The Balaban J connectivity index is 2.26. The molecule has 0 saturated carbocycles. The molecule has 0 unspecified atom stereocenters. The number of benzene rings is 1. The maximum atomic E-state index is 13.2. The lowest BCUT2D eigenvalue weighted by atomic mass is 10.2. The summed E-state index contributed by atoms with van der Waals surface area (Å²) in [6.07, 6.45) is 3.51. The molecule has 8 heteroatoms. The maximum absolute atomic E-state index is 13.2. The molecule has 0 fully saturated rings. The summed E-state index contributed by atoms with van der Waals surface area (Å²) in [5, 5.41) is 0.530. The minimum atomic E-state index is -4.00. The molecule has 0 bridgehead atoms. The molecular weight excluding hydrogens is 341 g/mol. The molecule has 2 aromatic heterocycles. The summed E-state index contributed by atoms with van der Waals surface area (Å²) in [7, 11) is -4.00. The van der Waals surface area contributed by atoms with Gasteiger partial charge in [-0.05, 0) is 48.9 Å².